The van der Waals surface area contributed by atoms with Crippen LogP contribution < -0.4 is 4.74 Å². The lowest BCUT2D eigenvalue weighted by molar-refractivity contribution is -0.131. The summed E-state index contributed by atoms with van der Waals surface area (Å²) in [6, 6.07) is 14.0. The number of fused-ring (bicyclic) bond motifs is 1. The van der Waals surface area contributed by atoms with Crippen molar-refractivity contribution in [3.8, 4) is 5.75 Å². The van der Waals surface area contributed by atoms with Gasteiger partial charge in [0.1, 0.15) is 11.9 Å². The minimum atomic E-state index is -0.824. The van der Waals surface area contributed by atoms with Gasteiger partial charge in [0.05, 0.1) is 11.6 Å². The number of nitrogens with one attached hydrogen (secondary N) is 1. The van der Waals surface area contributed by atoms with E-state index in [0.29, 0.717) is 17.9 Å². The van der Waals surface area contributed by atoms with E-state index < -0.39 is 5.60 Å². The SMILES string of the molecule is CC(=O)N1CCCC1C(Cc1ccc(Cl)cc1)Oc1ccc2[nH]c(CC(C)(C)O)c(SC(C)(C)C)c2c1. The van der Waals surface area contributed by atoms with Gasteiger partial charge in [0.15, 0.2) is 0 Å². The number of aliphatic hydroxyl groups is 1. The third-order valence-corrected chi connectivity index (χ3v) is 8.12. The molecule has 200 valence electrons. The van der Waals surface area contributed by atoms with Gasteiger partial charge in [-0.3, -0.25) is 4.79 Å². The number of carbonyl (C=O) groups excluding carboxylic acids is 1. The highest BCUT2D eigenvalue weighted by atomic mass is 35.5. The summed E-state index contributed by atoms with van der Waals surface area (Å²) in [5.74, 6) is 0.875. The highest BCUT2D eigenvalue weighted by Gasteiger charge is 2.35. The van der Waals surface area contributed by atoms with Crippen molar-refractivity contribution in [2.75, 3.05) is 6.54 Å². The second-order valence-electron chi connectivity index (χ2n) is 11.8. The molecule has 1 amide bonds. The maximum absolute atomic E-state index is 12.4. The Labute approximate surface area is 229 Å². The van der Waals surface area contributed by atoms with Crippen LogP contribution in [0, 0.1) is 0 Å². The normalized spacial score (nSPS) is 17.4. The second-order valence-corrected chi connectivity index (χ2v) is 14.0. The zero-order valence-corrected chi connectivity index (χ0v) is 24.3. The number of halogens is 1. The van der Waals surface area contributed by atoms with E-state index in [2.05, 4.69) is 37.9 Å². The van der Waals surface area contributed by atoms with Crippen molar-refractivity contribution < 1.29 is 14.6 Å². The van der Waals surface area contributed by atoms with Gasteiger partial charge in [0.2, 0.25) is 5.91 Å². The van der Waals surface area contributed by atoms with Gasteiger partial charge in [-0.1, -0.05) is 44.5 Å². The van der Waals surface area contributed by atoms with Gasteiger partial charge < -0.3 is 19.7 Å². The first-order valence-electron chi connectivity index (χ1n) is 13.0. The number of likely N-dealkylation sites (tertiary alicyclic amines) is 1. The van der Waals surface area contributed by atoms with E-state index in [4.69, 9.17) is 16.3 Å². The Bertz CT molecular complexity index is 1240. The predicted octanol–water partition coefficient (Wildman–Crippen LogP) is 7.03. The number of aromatic nitrogens is 1. The molecule has 7 heteroatoms. The topological polar surface area (TPSA) is 65.6 Å². The summed E-state index contributed by atoms with van der Waals surface area (Å²) in [4.78, 5) is 19.1. The molecule has 2 unspecified atom stereocenters. The summed E-state index contributed by atoms with van der Waals surface area (Å²) in [5.41, 5.74) is 2.37. The molecular formula is C30H39ClN2O3S. The number of benzene rings is 2. The van der Waals surface area contributed by atoms with Crippen molar-refractivity contribution in [1.29, 1.82) is 0 Å². The highest BCUT2D eigenvalue weighted by molar-refractivity contribution is 8.00. The summed E-state index contributed by atoms with van der Waals surface area (Å²) in [6.07, 6.45) is 2.94. The Morgan fingerprint density at radius 1 is 1.19 bits per heavy atom. The number of H-pyrrole nitrogens is 1. The van der Waals surface area contributed by atoms with Gasteiger partial charge in [-0.15, -0.1) is 11.8 Å². The van der Waals surface area contributed by atoms with Crippen molar-refractivity contribution in [3.05, 3.63) is 58.7 Å². The van der Waals surface area contributed by atoms with E-state index in [1.165, 1.54) is 0 Å². The molecule has 0 aliphatic carbocycles. The van der Waals surface area contributed by atoms with Gasteiger partial charge in [-0.05, 0) is 62.6 Å². The Balaban J connectivity index is 1.71. The van der Waals surface area contributed by atoms with Gasteiger partial charge in [0, 0.05) is 57.6 Å². The number of ether oxygens (including phenoxy) is 1. The number of aromatic amines is 1. The maximum Gasteiger partial charge on any atom is 0.219 e. The van der Waals surface area contributed by atoms with Gasteiger partial charge in [0.25, 0.3) is 0 Å². The average Bonchev–Trinajstić information content (AvgIpc) is 3.39. The molecule has 1 fully saturated rings. The van der Waals surface area contributed by atoms with Crippen LogP contribution >= 0.6 is 23.4 Å². The third-order valence-electron chi connectivity index (χ3n) is 6.58. The number of rotatable bonds is 8. The molecule has 0 saturated carbocycles. The fraction of sp³-hybridized carbons (Fsp3) is 0.500. The van der Waals surface area contributed by atoms with Crippen LogP contribution in [0.25, 0.3) is 10.9 Å². The van der Waals surface area contributed by atoms with Gasteiger partial charge in [-0.2, -0.15) is 0 Å². The number of nitrogens with zero attached hydrogens (tertiary/aromatic N) is 1. The molecule has 0 spiro atoms. The molecule has 4 rings (SSSR count). The number of thioether (sulfide) groups is 1. The number of amides is 1. The molecule has 2 N–H and O–H groups in total. The zero-order valence-electron chi connectivity index (χ0n) is 22.7. The maximum atomic E-state index is 12.4. The molecule has 3 aromatic rings. The van der Waals surface area contributed by atoms with E-state index in [1.54, 1.807) is 18.7 Å². The van der Waals surface area contributed by atoms with Crippen molar-refractivity contribution in [1.82, 2.24) is 9.88 Å². The van der Waals surface area contributed by atoms with Crippen molar-refractivity contribution in [2.24, 2.45) is 0 Å². The Morgan fingerprint density at radius 3 is 2.51 bits per heavy atom. The molecule has 37 heavy (non-hydrogen) atoms. The molecule has 1 aromatic heterocycles. The zero-order chi connectivity index (χ0) is 27.0. The van der Waals surface area contributed by atoms with Crippen LogP contribution in [0.2, 0.25) is 5.02 Å². The smallest absolute Gasteiger partial charge is 0.219 e. The number of hydrogen-bond donors (Lipinski definition) is 2. The van der Waals surface area contributed by atoms with Crippen LogP contribution in [0.15, 0.2) is 47.4 Å². The summed E-state index contributed by atoms with van der Waals surface area (Å²) < 4.78 is 6.72. The fourth-order valence-corrected chi connectivity index (χ4v) is 6.37. The van der Waals surface area contributed by atoms with Gasteiger partial charge in [-0.25, -0.2) is 0 Å². The predicted molar refractivity (Wildman–Crippen MR) is 154 cm³/mol. The Hall–Kier alpha value is -2.15. The Morgan fingerprint density at radius 2 is 1.89 bits per heavy atom. The van der Waals surface area contributed by atoms with Crippen LogP contribution in [-0.4, -0.2) is 49.9 Å². The third kappa shape index (κ3) is 7.24. The molecular weight excluding hydrogens is 504 g/mol. The van der Waals surface area contributed by atoms with Crippen LogP contribution in [-0.2, 0) is 17.6 Å². The summed E-state index contributed by atoms with van der Waals surface area (Å²) >= 11 is 7.93. The molecule has 2 heterocycles. The number of carbonyl (C=O) groups is 1. The minimum absolute atomic E-state index is 0.00326. The lowest BCUT2D eigenvalue weighted by atomic mass is 9.99. The van der Waals surface area contributed by atoms with E-state index in [9.17, 15) is 9.90 Å². The lowest BCUT2D eigenvalue weighted by Gasteiger charge is -2.31. The second kappa shape index (κ2) is 10.9. The minimum Gasteiger partial charge on any atom is -0.488 e. The molecule has 2 atom stereocenters. The van der Waals surface area contributed by atoms with E-state index in [1.807, 2.05) is 49.1 Å². The van der Waals surface area contributed by atoms with Crippen molar-refractivity contribution >= 4 is 40.2 Å². The standard InChI is InChI=1S/C30H39ClN2O3S/c1-19(34)33-15-7-8-26(33)27(16-20-9-11-21(31)12-10-20)36-22-13-14-24-23(17-22)28(37-29(2,3)4)25(32-24)18-30(5,6)35/h9-14,17,26-27,32,35H,7-8,15-16,18H2,1-6H3. The first-order valence-corrected chi connectivity index (χ1v) is 14.2. The Kier molecular flexibility index (Phi) is 8.22. The average molecular weight is 543 g/mol. The first-order chi connectivity index (χ1) is 17.3. The molecule has 1 aliphatic heterocycles. The molecule has 1 aliphatic rings. The molecule has 0 bridgehead atoms. The largest absolute Gasteiger partial charge is 0.488 e. The van der Waals surface area contributed by atoms with Crippen LogP contribution in [0.1, 0.15) is 65.6 Å². The monoisotopic (exact) mass is 542 g/mol. The fourth-order valence-electron chi connectivity index (χ4n) is 5.11. The number of hydrogen-bond acceptors (Lipinski definition) is 4. The lowest BCUT2D eigenvalue weighted by Crippen LogP contribution is -2.45. The quantitative estimate of drug-likeness (QED) is 0.300. The highest BCUT2D eigenvalue weighted by Crippen LogP contribution is 2.41. The van der Waals surface area contributed by atoms with E-state index in [-0.39, 0.29) is 22.8 Å². The van der Waals surface area contributed by atoms with Crippen LogP contribution in [0.3, 0.4) is 0 Å². The van der Waals surface area contributed by atoms with E-state index in [0.717, 1.165) is 52.2 Å². The summed E-state index contributed by atoms with van der Waals surface area (Å²) in [5, 5.41) is 12.3. The molecule has 2 aromatic carbocycles. The first kappa shape index (κ1) is 27.9. The molecule has 1 saturated heterocycles. The molecule has 5 nitrogen and oxygen atoms in total. The van der Waals surface area contributed by atoms with Crippen LogP contribution in [0.5, 0.6) is 5.75 Å². The summed E-state index contributed by atoms with van der Waals surface area (Å²) in [7, 11) is 0. The van der Waals surface area contributed by atoms with Crippen molar-refractivity contribution in [3.63, 3.8) is 0 Å². The van der Waals surface area contributed by atoms with Crippen molar-refractivity contribution in [2.45, 2.75) is 94.6 Å². The van der Waals surface area contributed by atoms with E-state index >= 15 is 0 Å². The molecule has 0 radical (unpaired) electrons. The van der Waals surface area contributed by atoms with Gasteiger partial charge >= 0.3 is 0 Å². The summed E-state index contributed by atoms with van der Waals surface area (Å²) in [6.45, 7) is 12.7. The van der Waals surface area contributed by atoms with Crippen LogP contribution in [0.4, 0.5) is 0 Å².